The number of carbonyl (C=O) groups is 1. The number of fused-ring (bicyclic) bond motifs is 7. The third-order valence-electron chi connectivity index (χ3n) is 17.3. The molecule has 7 rings (SSSR count). The van der Waals surface area contributed by atoms with Gasteiger partial charge in [0.1, 0.15) is 48.8 Å². The number of hydrogen-bond donors (Lipinski definition) is 10. The van der Waals surface area contributed by atoms with Crippen molar-refractivity contribution in [1.29, 1.82) is 0 Å². The van der Waals surface area contributed by atoms with E-state index in [1.807, 2.05) is 6.92 Å². The van der Waals surface area contributed by atoms with E-state index in [1.54, 1.807) is 0 Å². The normalized spacial score (nSPS) is 54.7. The number of allylic oxidation sites excluding steroid dienone is 2. The second kappa shape index (κ2) is 14.9. The summed E-state index contributed by atoms with van der Waals surface area (Å²) >= 11 is 0. The lowest BCUT2D eigenvalue weighted by molar-refractivity contribution is -0.345. The van der Waals surface area contributed by atoms with Crippen LogP contribution in [0.2, 0.25) is 0 Å². The van der Waals surface area contributed by atoms with E-state index in [-0.39, 0.29) is 40.6 Å². The number of rotatable bonds is 7. The van der Waals surface area contributed by atoms with Crippen molar-refractivity contribution in [3.63, 3.8) is 0 Å². The molecule has 10 N–H and O–H groups in total. The first-order valence-corrected chi connectivity index (χ1v) is 21.1. The molecule has 57 heavy (non-hydrogen) atoms. The van der Waals surface area contributed by atoms with Crippen molar-refractivity contribution < 1.29 is 74.8 Å². The van der Waals surface area contributed by atoms with Gasteiger partial charge in [-0.3, -0.25) is 4.79 Å². The van der Waals surface area contributed by atoms with Crippen molar-refractivity contribution in [3.8, 4) is 0 Å². The van der Waals surface area contributed by atoms with Gasteiger partial charge in [0, 0.05) is 5.41 Å². The van der Waals surface area contributed by atoms with Crippen LogP contribution in [0.15, 0.2) is 11.6 Å². The van der Waals surface area contributed by atoms with E-state index in [2.05, 4.69) is 40.7 Å². The molecule has 326 valence electrons. The molecule has 2 saturated heterocycles. The maximum Gasteiger partial charge on any atom is 0.315 e. The van der Waals surface area contributed by atoms with Crippen LogP contribution in [-0.2, 0) is 23.7 Å². The Bertz CT molecular complexity index is 1540. The van der Waals surface area contributed by atoms with Gasteiger partial charge in [-0.25, -0.2) is 0 Å². The van der Waals surface area contributed by atoms with Gasteiger partial charge in [0.15, 0.2) is 6.29 Å². The summed E-state index contributed by atoms with van der Waals surface area (Å²) in [4.78, 5) is 14.6. The summed E-state index contributed by atoms with van der Waals surface area (Å²) in [6.45, 7) is 11.6. The number of hydrogen-bond acceptors (Lipinski definition) is 15. The monoisotopic (exact) mass is 812 g/mol. The van der Waals surface area contributed by atoms with Crippen LogP contribution in [0, 0.1) is 50.2 Å². The SMILES string of the molecule is CC1(C)CC[C@]2(C(=O)OC3OC(CO)C(O)C(O)C3O)CC[C@]3(C)C(=CC[C@@H]4[C@@]5(C)CC(O)[C@H](OC6OC(CO)C(O)C(O)[C@H]6O)[C@@](C)(CO)[C@@H]5CC[C@]43C)[C@@H]2C1. The fraction of sp³-hybridized carbons (Fsp3) is 0.929. The van der Waals surface area contributed by atoms with E-state index in [0.717, 1.165) is 19.3 Å². The summed E-state index contributed by atoms with van der Waals surface area (Å²) in [5.41, 5.74) is -1.89. The van der Waals surface area contributed by atoms with Gasteiger partial charge in [0.2, 0.25) is 6.29 Å². The van der Waals surface area contributed by atoms with Crippen molar-refractivity contribution in [2.45, 2.75) is 173 Å². The molecule has 7 aliphatic rings. The quantitative estimate of drug-likeness (QED) is 0.0940. The number of carbonyl (C=O) groups excluding carboxylic acids is 1. The zero-order chi connectivity index (χ0) is 41.8. The highest BCUT2D eigenvalue weighted by Gasteiger charge is 2.71. The molecule has 0 amide bonds. The number of ether oxygens (including phenoxy) is 4. The second-order valence-corrected chi connectivity index (χ2v) is 20.7. The fourth-order valence-corrected chi connectivity index (χ4v) is 13.7. The van der Waals surface area contributed by atoms with Crippen LogP contribution in [0.25, 0.3) is 0 Å². The van der Waals surface area contributed by atoms with Crippen LogP contribution in [0.5, 0.6) is 0 Å². The Labute approximate surface area is 335 Å². The van der Waals surface area contributed by atoms with Crippen LogP contribution >= 0.6 is 0 Å². The summed E-state index contributed by atoms with van der Waals surface area (Å²) in [5.74, 6) is -0.763. The second-order valence-electron chi connectivity index (χ2n) is 20.7. The molecule has 0 aromatic rings. The summed E-state index contributed by atoms with van der Waals surface area (Å²) in [6, 6.07) is 0. The van der Waals surface area contributed by atoms with Gasteiger partial charge in [-0.05, 0) is 97.2 Å². The molecule has 0 aromatic heterocycles. The lowest BCUT2D eigenvalue weighted by atomic mass is 9.33. The molecule has 0 spiro atoms. The molecule has 0 radical (unpaired) electrons. The van der Waals surface area contributed by atoms with Crippen LogP contribution < -0.4 is 0 Å². The first kappa shape index (κ1) is 43.8. The van der Waals surface area contributed by atoms with Crippen molar-refractivity contribution in [2.75, 3.05) is 19.8 Å². The van der Waals surface area contributed by atoms with Gasteiger partial charge in [0.25, 0.3) is 0 Å². The van der Waals surface area contributed by atoms with Crippen LogP contribution in [0.3, 0.4) is 0 Å². The third kappa shape index (κ3) is 6.43. The summed E-state index contributed by atoms with van der Waals surface area (Å²) in [7, 11) is 0. The highest BCUT2D eigenvalue weighted by molar-refractivity contribution is 5.79. The van der Waals surface area contributed by atoms with Gasteiger partial charge < -0.3 is 70.0 Å². The van der Waals surface area contributed by atoms with Crippen LogP contribution in [0.4, 0.5) is 0 Å². The number of aliphatic hydroxyl groups is 10. The standard InChI is InChI=1S/C42H68O15/c1-37(2)11-13-42(36(53)57-35-32(52)30(50)28(48)24(18-44)55-35)14-12-40(5)20(21(42)15-37)7-8-26-38(3)16-22(46)33(39(4,19-45)25(38)9-10-41(26,40)6)56-34-31(51)29(49)27(47)23(17-43)54-34/h7,21-35,43-52H,8-19H2,1-6H3/t21-,22?,23?,24?,25+,26+,27?,28?,29?,30?,31+,32?,33-,34?,35?,38-,39-,40+,41+,42-/m0/s1. The average molecular weight is 813 g/mol. The molecule has 0 bridgehead atoms. The molecule has 20 atom stereocenters. The zero-order valence-corrected chi connectivity index (χ0v) is 34.2. The third-order valence-corrected chi connectivity index (χ3v) is 17.3. The van der Waals surface area contributed by atoms with Crippen molar-refractivity contribution in [2.24, 2.45) is 50.2 Å². The molecular formula is C42H68O15. The smallest absolute Gasteiger partial charge is 0.315 e. The van der Waals surface area contributed by atoms with Crippen molar-refractivity contribution in [3.05, 3.63) is 11.6 Å². The minimum atomic E-state index is -1.70. The molecule has 5 aliphatic carbocycles. The predicted molar refractivity (Wildman–Crippen MR) is 200 cm³/mol. The molecule has 6 fully saturated rings. The first-order valence-electron chi connectivity index (χ1n) is 21.1. The van der Waals surface area contributed by atoms with Gasteiger partial charge in [-0.1, -0.05) is 53.2 Å². The Hall–Kier alpha value is -1.31. The molecule has 2 aliphatic heterocycles. The molecule has 2 heterocycles. The van der Waals surface area contributed by atoms with Crippen molar-refractivity contribution >= 4 is 5.97 Å². The molecule has 15 nitrogen and oxygen atoms in total. The van der Waals surface area contributed by atoms with E-state index >= 15 is 0 Å². The molecule has 0 aromatic carbocycles. The van der Waals surface area contributed by atoms with E-state index < -0.39 is 109 Å². The van der Waals surface area contributed by atoms with Crippen LogP contribution in [-0.4, -0.2) is 150 Å². The van der Waals surface area contributed by atoms with E-state index in [9.17, 15) is 55.9 Å². The summed E-state index contributed by atoms with van der Waals surface area (Å²) in [6.07, 6.45) is -9.20. The maximum atomic E-state index is 14.6. The van der Waals surface area contributed by atoms with E-state index in [1.165, 1.54) is 5.57 Å². The topological polar surface area (TPSA) is 256 Å². The predicted octanol–water partition coefficient (Wildman–Crippen LogP) is 0.260. The maximum absolute atomic E-state index is 14.6. The zero-order valence-electron chi connectivity index (χ0n) is 34.2. The van der Waals surface area contributed by atoms with Crippen LogP contribution in [0.1, 0.15) is 99.3 Å². The Kier molecular flexibility index (Phi) is 11.5. The van der Waals surface area contributed by atoms with Gasteiger partial charge in [-0.15, -0.1) is 0 Å². The van der Waals surface area contributed by atoms with Gasteiger partial charge in [-0.2, -0.15) is 0 Å². The lowest BCUT2D eigenvalue weighted by Crippen LogP contribution is -2.69. The van der Waals surface area contributed by atoms with E-state index in [0.29, 0.717) is 38.5 Å². The summed E-state index contributed by atoms with van der Waals surface area (Å²) < 4.78 is 23.6. The highest BCUT2D eigenvalue weighted by atomic mass is 16.7. The molecular weight excluding hydrogens is 744 g/mol. The number of esters is 1. The Morgan fingerprint density at radius 2 is 1.30 bits per heavy atom. The fourth-order valence-electron chi connectivity index (χ4n) is 13.7. The van der Waals surface area contributed by atoms with Crippen molar-refractivity contribution in [1.82, 2.24) is 0 Å². The minimum absolute atomic E-state index is 0.0661. The Balaban J connectivity index is 1.19. The summed E-state index contributed by atoms with van der Waals surface area (Å²) in [5, 5.41) is 106. The minimum Gasteiger partial charge on any atom is -0.432 e. The molecule has 15 heteroatoms. The first-order chi connectivity index (χ1) is 26.6. The molecule has 4 saturated carbocycles. The number of aliphatic hydroxyl groups excluding tert-OH is 10. The Morgan fingerprint density at radius 3 is 1.89 bits per heavy atom. The van der Waals surface area contributed by atoms with E-state index in [4.69, 9.17) is 18.9 Å². The lowest BCUT2D eigenvalue weighted by Gasteiger charge is -2.72. The highest BCUT2D eigenvalue weighted by Crippen LogP contribution is 2.76. The Morgan fingerprint density at radius 1 is 0.719 bits per heavy atom. The van der Waals surface area contributed by atoms with Gasteiger partial charge >= 0.3 is 5.97 Å². The largest absolute Gasteiger partial charge is 0.432 e. The molecule has 10 unspecified atom stereocenters. The average Bonchev–Trinajstić information content (AvgIpc) is 3.16. The van der Waals surface area contributed by atoms with Gasteiger partial charge in [0.05, 0.1) is 37.4 Å².